The highest BCUT2D eigenvalue weighted by molar-refractivity contribution is 6.07. The van der Waals surface area contributed by atoms with Crippen LogP contribution in [0.15, 0.2) is 77.5 Å². The average molecular weight is 553 g/mol. The van der Waals surface area contributed by atoms with Gasteiger partial charge in [-0.05, 0) is 97.7 Å². The number of aromatic nitrogens is 1. The molecule has 1 aromatic heterocycles. The highest BCUT2D eigenvalue weighted by atomic mass is 16.5. The van der Waals surface area contributed by atoms with Crippen LogP contribution < -0.4 is 9.30 Å². The molecular weight excluding hydrogens is 510 g/mol. The van der Waals surface area contributed by atoms with Gasteiger partial charge in [0.05, 0.1) is 16.9 Å². The fourth-order valence-electron chi connectivity index (χ4n) is 10.5. The lowest BCUT2D eigenvalue weighted by Gasteiger charge is -2.47. The number of benzene rings is 3. The van der Waals surface area contributed by atoms with Crippen LogP contribution in [0.1, 0.15) is 89.2 Å². The largest absolute Gasteiger partial charge is 0.456 e. The molecule has 0 radical (unpaired) electrons. The van der Waals surface area contributed by atoms with Gasteiger partial charge in [0.1, 0.15) is 17.1 Å². The quantitative estimate of drug-likeness (QED) is 0.199. The van der Waals surface area contributed by atoms with Gasteiger partial charge in [-0.25, -0.2) is 0 Å². The summed E-state index contributed by atoms with van der Waals surface area (Å²) < 4.78 is 9.78. The molecule has 42 heavy (non-hydrogen) atoms. The van der Waals surface area contributed by atoms with Crippen molar-refractivity contribution in [1.82, 2.24) is 0 Å². The van der Waals surface area contributed by atoms with Gasteiger partial charge in [-0.15, -0.1) is 0 Å². The Kier molecular flexibility index (Phi) is 5.42. The van der Waals surface area contributed by atoms with Gasteiger partial charge in [0.25, 0.3) is 0 Å². The maximum Gasteiger partial charge on any atom is 0.229 e. The lowest BCUT2D eigenvalue weighted by molar-refractivity contribution is -0.737. The molecule has 2 fully saturated rings. The van der Waals surface area contributed by atoms with Crippen LogP contribution in [0.5, 0.6) is 11.5 Å². The van der Waals surface area contributed by atoms with Crippen LogP contribution in [0.4, 0.5) is 0 Å². The third-order valence-electron chi connectivity index (χ3n) is 11.7. The Balaban J connectivity index is 1.49. The zero-order valence-corrected chi connectivity index (χ0v) is 25.4. The SMILES string of the molecule is CC1=CC(C)=C(C2CCCCC2)C2(c3c4c(cc5ccccc35)Oc3cc(C)cc5cc[n+]2c-4c35)C1C1CCCCC1. The van der Waals surface area contributed by atoms with Crippen LogP contribution in [0.3, 0.4) is 0 Å². The highest BCUT2D eigenvalue weighted by Crippen LogP contribution is 2.64. The first-order chi connectivity index (χ1) is 20.6. The summed E-state index contributed by atoms with van der Waals surface area (Å²) in [5.41, 5.74) is 10.2. The lowest BCUT2D eigenvalue weighted by Crippen LogP contribution is -2.64. The van der Waals surface area contributed by atoms with E-state index in [0.29, 0.717) is 17.8 Å². The monoisotopic (exact) mass is 552 g/mol. The molecule has 5 aliphatic rings. The number of ether oxygens (including phenoxy) is 1. The molecule has 0 bridgehead atoms. The molecule has 2 nitrogen and oxygen atoms in total. The minimum atomic E-state index is -0.225. The smallest absolute Gasteiger partial charge is 0.229 e. The Morgan fingerprint density at radius 3 is 2.36 bits per heavy atom. The predicted molar refractivity (Wildman–Crippen MR) is 172 cm³/mol. The number of nitrogens with zero attached hydrogens (tertiary/aromatic N) is 1. The van der Waals surface area contributed by atoms with Gasteiger partial charge < -0.3 is 4.74 Å². The van der Waals surface area contributed by atoms with Crippen molar-refractivity contribution in [3.05, 3.63) is 88.7 Å². The molecule has 2 saturated carbocycles. The average Bonchev–Trinajstić information content (AvgIpc) is 3.29. The van der Waals surface area contributed by atoms with Crippen molar-refractivity contribution in [2.75, 3.05) is 0 Å². The molecule has 3 heterocycles. The molecule has 4 aromatic rings. The zero-order valence-electron chi connectivity index (χ0n) is 25.4. The topological polar surface area (TPSA) is 13.1 Å². The van der Waals surface area contributed by atoms with Crippen LogP contribution >= 0.6 is 0 Å². The summed E-state index contributed by atoms with van der Waals surface area (Å²) in [5.74, 6) is 3.84. The molecule has 2 heteroatoms. The molecule has 2 aliphatic heterocycles. The fraction of sp³-hybridized carbons (Fsp3) is 0.425. The number of hydrogen-bond donors (Lipinski definition) is 0. The number of pyridine rings is 1. The molecule has 2 atom stereocenters. The summed E-state index contributed by atoms with van der Waals surface area (Å²) in [6.07, 6.45) is 18.6. The lowest BCUT2D eigenvalue weighted by atomic mass is 9.55. The van der Waals surface area contributed by atoms with E-state index in [1.165, 1.54) is 114 Å². The Morgan fingerprint density at radius 1 is 0.786 bits per heavy atom. The maximum absolute atomic E-state index is 6.96. The van der Waals surface area contributed by atoms with E-state index >= 15 is 0 Å². The standard InChI is InChI=1S/C40H42NO/c1-24-20-30-18-19-41-39-34(30)32(21-24)42-33-23-29-16-10-11-17-31(29)38(35(33)39)40(41)36(27-12-6-4-7-13-27)25(2)22-26(3)37(40)28-14-8-5-9-15-28/h10-11,16-23,27-28,36H,4-9,12-15H2,1-3H3/q+1. The molecule has 212 valence electrons. The predicted octanol–water partition coefficient (Wildman–Crippen LogP) is 10.5. The second-order valence-corrected chi connectivity index (χ2v) is 14.2. The number of rotatable bonds is 2. The van der Waals surface area contributed by atoms with Crippen LogP contribution in [-0.2, 0) is 5.54 Å². The second kappa shape index (κ2) is 9.06. The third kappa shape index (κ3) is 3.19. The van der Waals surface area contributed by atoms with Crippen LogP contribution in [-0.4, -0.2) is 0 Å². The molecule has 1 spiro atoms. The molecule has 0 N–H and O–H groups in total. The summed E-state index contributed by atoms with van der Waals surface area (Å²) in [6, 6.07) is 18.6. The molecule has 0 amide bonds. The van der Waals surface area contributed by atoms with E-state index in [9.17, 15) is 0 Å². The third-order valence-corrected chi connectivity index (χ3v) is 11.7. The van der Waals surface area contributed by atoms with Crippen LogP contribution in [0.25, 0.3) is 32.8 Å². The number of aryl methyl sites for hydroxylation is 1. The summed E-state index contributed by atoms with van der Waals surface area (Å²) >= 11 is 0. The zero-order chi connectivity index (χ0) is 28.2. The molecule has 9 rings (SSSR count). The summed E-state index contributed by atoms with van der Waals surface area (Å²) in [6.45, 7) is 7.12. The first-order valence-electron chi connectivity index (χ1n) is 16.7. The Labute approximate surface area is 250 Å². The Bertz CT molecular complexity index is 1860. The van der Waals surface area contributed by atoms with Crippen molar-refractivity contribution in [3.8, 4) is 22.8 Å². The van der Waals surface area contributed by atoms with E-state index in [1.807, 2.05) is 0 Å². The Hall–Kier alpha value is -3.39. The minimum absolute atomic E-state index is 0.225. The van der Waals surface area contributed by atoms with E-state index in [-0.39, 0.29) is 5.54 Å². The minimum Gasteiger partial charge on any atom is -0.456 e. The highest BCUT2D eigenvalue weighted by Gasteiger charge is 2.65. The first-order valence-corrected chi connectivity index (χ1v) is 16.7. The number of hydrogen-bond acceptors (Lipinski definition) is 1. The van der Waals surface area contributed by atoms with Crippen molar-refractivity contribution < 1.29 is 9.30 Å². The normalized spacial score (nSPS) is 25.4. The molecule has 0 saturated heterocycles. The van der Waals surface area contributed by atoms with Crippen LogP contribution in [0.2, 0.25) is 0 Å². The van der Waals surface area contributed by atoms with Gasteiger partial charge in [0.2, 0.25) is 11.2 Å². The van der Waals surface area contributed by atoms with Gasteiger partial charge >= 0.3 is 0 Å². The van der Waals surface area contributed by atoms with Gasteiger partial charge in [-0.1, -0.05) is 80.5 Å². The van der Waals surface area contributed by atoms with Crippen molar-refractivity contribution in [2.24, 2.45) is 17.8 Å². The number of allylic oxidation sites excluding steroid dienone is 4. The first kappa shape index (κ1) is 25.1. The molecule has 3 aromatic carbocycles. The number of fused-ring (bicyclic) bond motifs is 4. The second-order valence-electron chi connectivity index (χ2n) is 14.2. The molecular formula is C40H42NO+. The van der Waals surface area contributed by atoms with E-state index in [0.717, 1.165) is 11.5 Å². The fourth-order valence-corrected chi connectivity index (χ4v) is 10.5. The van der Waals surface area contributed by atoms with Crippen molar-refractivity contribution >= 4 is 21.5 Å². The molecule has 3 aliphatic carbocycles. The van der Waals surface area contributed by atoms with Crippen molar-refractivity contribution in [2.45, 2.75) is 90.5 Å². The van der Waals surface area contributed by atoms with E-state index in [2.05, 4.69) is 86.1 Å². The van der Waals surface area contributed by atoms with Crippen molar-refractivity contribution in [1.29, 1.82) is 0 Å². The van der Waals surface area contributed by atoms with Gasteiger partial charge in [0, 0.05) is 11.6 Å². The van der Waals surface area contributed by atoms with E-state index in [4.69, 9.17) is 4.74 Å². The molecule has 2 unspecified atom stereocenters. The van der Waals surface area contributed by atoms with E-state index in [1.54, 1.807) is 11.1 Å². The van der Waals surface area contributed by atoms with Gasteiger partial charge in [-0.2, -0.15) is 4.57 Å². The summed E-state index contributed by atoms with van der Waals surface area (Å²) in [5, 5.41) is 5.33. The van der Waals surface area contributed by atoms with Crippen LogP contribution in [0, 0.1) is 24.7 Å². The summed E-state index contributed by atoms with van der Waals surface area (Å²) in [4.78, 5) is 0. The van der Waals surface area contributed by atoms with Gasteiger partial charge in [-0.3, -0.25) is 0 Å². The maximum atomic E-state index is 6.96. The van der Waals surface area contributed by atoms with Gasteiger partial charge in [0.15, 0.2) is 6.20 Å². The Morgan fingerprint density at radius 2 is 1.55 bits per heavy atom. The summed E-state index contributed by atoms with van der Waals surface area (Å²) in [7, 11) is 0. The van der Waals surface area contributed by atoms with Crippen molar-refractivity contribution in [3.63, 3.8) is 0 Å². The van der Waals surface area contributed by atoms with E-state index < -0.39 is 0 Å².